The van der Waals surface area contributed by atoms with E-state index in [2.05, 4.69) is 13.8 Å². The zero-order valence-corrected chi connectivity index (χ0v) is 8.10. The predicted molar refractivity (Wildman–Crippen MR) is 50.6 cm³/mol. The van der Waals surface area contributed by atoms with E-state index in [4.69, 9.17) is 0 Å². The van der Waals surface area contributed by atoms with Crippen molar-refractivity contribution in [3.8, 4) is 0 Å². The number of hydrogen-bond acceptors (Lipinski definition) is 0. The average Bonchev–Trinajstić information content (AvgIpc) is 2.06. The van der Waals surface area contributed by atoms with E-state index in [1.54, 1.807) is 0 Å². The molecule has 0 aromatic carbocycles. The lowest BCUT2D eigenvalue weighted by Gasteiger charge is -2.30. The van der Waals surface area contributed by atoms with Crippen molar-refractivity contribution in [2.45, 2.75) is 58.8 Å². The Morgan fingerprint density at radius 3 is 2.18 bits per heavy atom. The Hall–Kier alpha value is 0. The van der Waals surface area contributed by atoms with E-state index < -0.39 is 0 Å². The van der Waals surface area contributed by atoms with Gasteiger partial charge in [0.2, 0.25) is 0 Å². The van der Waals surface area contributed by atoms with Crippen LogP contribution in [0.15, 0.2) is 0 Å². The van der Waals surface area contributed by atoms with Gasteiger partial charge in [0.25, 0.3) is 0 Å². The van der Waals surface area contributed by atoms with Crippen LogP contribution in [0.1, 0.15) is 58.8 Å². The highest BCUT2D eigenvalue weighted by Gasteiger charge is 2.22. The van der Waals surface area contributed by atoms with Gasteiger partial charge in [0.1, 0.15) is 0 Å². The fourth-order valence-electron chi connectivity index (χ4n) is 2.57. The van der Waals surface area contributed by atoms with Gasteiger partial charge < -0.3 is 0 Å². The molecule has 0 unspecified atom stereocenters. The Morgan fingerprint density at radius 1 is 1.00 bits per heavy atom. The second kappa shape index (κ2) is 4.79. The van der Waals surface area contributed by atoms with Crippen LogP contribution in [0.25, 0.3) is 0 Å². The van der Waals surface area contributed by atoms with Crippen molar-refractivity contribution in [2.75, 3.05) is 0 Å². The Balaban J connectivity index is 2.31. The molecule has 11 heavy (non-hydrogen) atoms. The van der Waals surface area contributed by atoms with E-state index in [9.17, 15) is 0 Å². The lowest BCUT2D eigenvalue weighted by Crippen LogP contribution is -2.18. The minimum atomic E-state index is 1.07. The second-order valence-electron chi connectivity index (χ2n) is 4.00. The first-order valence-electron chi connectivity index (χ1n) is 5.38. The quantitative estimate of drug-likeness (QED) is 0.576. The van der Waals surface area contributed by atoms with Gasteiger partial charge in [-0.3, -0.25) is 0 Å². The highest BCUT2D eigenvalue weighted by molar-refractivity contribution is 4.73. The van der Waals surface area contributed by atoms with Crippen LogP contribution in [0.4, 0.5) is 0 Å². The molecule has 1 saturated carbocycles. The van der Waals surface area contributed by atoms with E-state index >= 15 is 0 Å². The summed E-state index contributed by atoms with van der Waals surface area (Å²) in [4.78, 5) is 0. The van der Waals surface area contributed by atoms with Gasteiger partial charge in [0.05, 0.1) is 0 Å². The van der Waals surface area contributed by atoms with Gasteiger partial charge >= 0.3 is 0 Å². The maximum atomic E-state index is 2.36. The van der Waals surface area contributed by atoms with Crippen molar-refractivity contribution in [2.24, 2.45) is 11.8 Å². The molecule has 1 aliphatic rings. The smallest absolute Gasteiger partial charge is 0.0386 e. The van der Waals surface area contributed by atoms with Gasteiger partial charge in [-0.25, -0.2) is 0 Å². The third-order valence-electron chi connectivity index (χ3n) is 3.25. The molecule has 0 heterocycles. The summed E-state index contributed by atoms with van der Waals surface area (Å²) in [5, 5.41) is 0. The van der Waals surface area contributed by atoms with Crippen LogP contribution in [0.3, 0.4) is 0 Å². The summed E-state index contributed by atoms with van der Waals surface area (Å²) in [6.45, 7) is 4.68. The molecule has 2 atom stereocenters. The molecule has 0 amide bonds. The van der Waals surface area contributed by atoms with Crippen molar-refractivity contribution in [1.82, 2.24) is 0 Å². The first-order chi connectivity index (χ1) is 5.38. The SMILES string of the molecule is CCC[C@@H]1CCCC[C@@H]1CC. The summed E-state index contributed by atoms with van der Waals surface area (Å²) < 4.78 is 0. The van der Waals surface area contributed by atoms with Crippen LogP contribution >= 0.6 is 0 Å². The van der Waals surface area contributed by atoms with Gasteiger partial charge in [-0.05, 0) is 11.8 Å². The maximum Gasteiger partial charge on any atom is -0.0386 e. The highest BCUT2D eigenvalue weighted by Crippen LogP contribution is 2.34. The third-order valence-corrected chi connectivity index (χ3v) is 3.25. The molecule has 0 bridgehead atoms. The topological polar surface area (TPSA) is 0 Å². The molecule has 0 aromatic rings. The Kier molecular flexibility index (Phi) is 3.96. The summed E-state index contributed by atoms with van der Waals surface area (Å²) in [5.41, 5.74) is 0. The van der Waals surface area contributed by atoms with Crippen LogP contribution in [0.2, 0.25) is 0 Å². The molecular formula is C11H22. The zero-order chi connectivity index (χ0) is 8.10. The minimum absolute atomic E-state index is 1.07. The van der Waals surface area contributed by atoms with E-state index in [0.717, 1.165) is 11.8 Å². The van der Waals surface area contributed by atoms with Gasteiger partial charge in [0, 0.05) is 0 Å². The molecule has 0 aliphatic heterocycles. The van der Waals surface area contributed by atoms with Gasteiger partial charge in [-0.1, -0.05) is 58.8 Å². The maximum absolute atomic E-state index is 2.36. The summed E-state index contributed by atoms with van der Waals surface area (Å²) in [6, 6.07) is 0. The molecule has 0 nitrogen and oxygen atoms in total. The van der Waals surface area contributed by atoms with Crippen LogP contribution < -0.4 is 0 Å². The Morgan fingerprint density at radius 2 is 1.64 bits per heavy atom. The van der Waals surface area contributed by atoms with Crippen molar-refractivity contribution >= 4 is 0 Å². The van der Waals surface area contributed by atoms with Gasteiger partial charge in [-0.2, -0.15) is 0 Å². The number of hydrogen-bond donors (Lipinski definition) is 0. The first kappa shape index (κ1) is 9.09. The largest absolute Gasteiger partial charge is 0.0654 e. The highest BCUT2D eigenvalue weighted by atomic mass is 14.3. The molecule has 0 saturated heterocycles. The number of rotatable bonds is 3. The molecule has 66 valence electrons. The van der Waals surface area contributed by atoms with E-state index in [-0.39, 0.29) is 0 Å². The molecule has 0 aromatic heterocycles. The van der Waals surface area contributed by atoms with Gasteiger partial charge in [-0.15, -0.1) is 0 Å². The zero-order valence-electron chi connectivity index (χ0n) is 8.10. The molecule has 1 rings (SSSR count). The van der Waals surface area contributed by atoms with Crippen molar-refractivity contribution < 1.29 is 0 Å². The standard InChI is InChI=1S/C11H22/c1-3-7-11-9-6-5-8-10(11)4-2/h10-11H,3-9H2,1-2H3/t10-,11+/m0/s1. The van der Waals surface area contributed by atoms with Crippen molar-refractivity contribution in [3.63, 3.8) is 0 Å². The molecule has 0 spiro atoms. The average molecular weight is 154 g/mol. The first-order valence-corrected chi connectivity index (χ1v) is 5.38. The molecule has 1 fully saturated rings. The minimum Gasteiger partial charge on any atom is -0.0654 e. The van der Waals surface area contributed by atoms with Crippen molar-refractivity contribution in [1.29, 1.82) is 0 Å². The predicted octanol–water partition coefficient (Wildman–Crippen LogP) is 4.00. The third kappa shape index (κ3) is 2.50. The fourth-order valence-corrected chi connectivity index (χ4v) is 2.57. The second-order valence-corrected chi connectivity index (χ2v) is 4.00. The fraction of sp³-hybridized carbons (Fsp3) is 1.00. The molecule has 0 heteroatoms. The Labute approximate surface area is 71.4 Å². The monoisotopic (exact) mass is 154 g/mol. The van der Waals surface area contributed by atoms with E-state index in [1.165, 1.54) is 44.9 Å². The van der Waals surface area contributed by atoms with Crippen LogP contribution in [-0.4, -0.2) is 0 Å². The Bertz CT molecular complexity index is 94.2. The summed E-state index contributed by atoms with van der Waals surface area (Å²) >= 11 is 0. The summed E-state index contributed by atoms with van der Waals surface area (Å²) in [7, 11) is 0. The lowest BCUT2D eigenvalue weighted by atomic mass is 9.76. The van der Waals surface area contributed by atoms with Crippen LogP contribution in [0, 0.1) is 11.8 Å². The van der Waals surface area contributed by atoms with E-state index in [0.29, 0.717) is 0 Å². The summed E-state index contributed by atoms with van der Waals surface area (Å²) in [5.74, 6) is 2.16. The lowest BCUT2D eigenvalue weighted by molar-refractivity contribution is 0.216. The molecule has 1 aliphatic carbocycles. The molecule has 0 radical (unpaired) electrons. The van der Waals surface area contributed by atoms with Crippen LogP contribution in [-0.2, 0) is 0 Å². The molecular weight excluding hydrogens is 132 g/mol. The van der Waals surface area contributed by atoms with Gasteiger partial charge in [0.15, 0.2) is 0 Å². The van der Waals surface area contributed by atoms with Crippen molar-refractivity contribution in [3.05, 3.63) is 0 Å². The normalized spacial score (nSPS) is 32.2. The summed E-state index contributed by atoms with van der Waals surface area (Å²) in [6.07, 6.45) is 10.3. The van der Waals surface area contributed by atoms with Crippen LogP contribution in [0.5, 0.6) is 0 Å². The molecule has 0 N–H and O–H groups in total. The van der Waals surface area contributed by atoms with E-state index in [1.807, 2.05) is 0 Å².